The van der Waals surface area contributed by atoms with Crippen molar-refractivity contribution in [3.8, 4) is 10.7 Å². The van der Waals surface area contributed by atoms with E-state index < -0.39 is 5.97 Å². The average Bonchev–Trinajstić information content (AvgIpc) is 3.09. The Labute approximate surface area is 171 Å². The fourth-order valence-electron chi connectivity index (χ4n) is 3.57. The number of pyridine rings is 1. The highest BCUT2D eigenvalue weighted by atomic mass is 32.1. The van der Waals surface area contributed by atoms with Gasteiger partial charge in [-0.3, -0.25) is 9.78 Å². The maximum atomic E-state index is 14.3. The van der Waals surface area contributed by atoms with E-state index in [1.165, 1.54) is 17.4 Å². The summed E-state index contributed by atoms with van der Waals surface area (Å²) in [5.74, 6) is -0.555. The predicted molar refractivity (Wildman–Crippen MR) is 107 cm³/mol. The van der Waals surface area contributed by atoms with Crippen molar-refractivity contribution >= 4 is 23.1 Å². The first kappa shape index (κ1) is 19.4. The number of carboxylic acids is 1. The highest BCUT2D eigenvalue weighted by Gasteiger charge is 2.41. The molecule has 3 aromatic rings. The number of anilines is 1. The number of aromatic nitrogens is 4. The van der Waals surface area contributed by atoms with Crippen molar-refractivity contribution in [1.82, 2.24) is 20.2 Å². The fourth-order valence-corrected chi connectivity index (χ4v) is 4.52. The highest BCUT2D eigenvalue weighted by molar-refractivity contribution is 7.15. The van der Waals surface area contributed by atoms with Crippen LogP contribution in [0, 0.1) is 12.7 Å². The van der Waals surface area contributed by atoms with E-state index in [1.807, 2.05) is 13.0 Å². The standard InChI is InChI=1S/C20H20FN5O2S/c1-12-8-15(25-26-17(12)19-23-10-13(29-19)9-16(27)28)24-11-20(5-3-6-20)18-14(21)4-2-7-22-18/h2,4,7-8,10H,3,5-6,9,11H2,1H3,(H,24,25)(H,27,28). The first-order valence-electron chi connectivity index (χ1n) is 9.33. The zero-order chi connectivity index (χ0) is 20.4. The molecule has 3 heterocycles. The van der Waals surface area contributed by atoms with Crippen molar-refractivity contribution in [3.63, 3.8) is 0 Å². The second-order valence-electron chi connectivity index (χ2n) is 7.28. The molecular weight excluding hydrogens is 393 g/mol. The number of aliphatic carboxylic acids is 1. The molecule has 1 aliphatic carbocycles. The van der Waals surface area contributed by atoms with Crippen LogP contribution in [0.2, 0.25) is 0 Å². The van der Waals surface area contributed by atoms with Crippen LogP contribution in [0.3, 0.4) is 0 Å². The van der Waals surface area contributed by atoms with E-state index in [2.05, 4.69) is 25.5 Å². The molecule has 2 N–H and O–H groups in total. The van der Waals surface area contributed by atoms with Crippen molar-refractivity contribution in [3.05, 3.63) is 52.5 Å². The Morgan fingerprint density at radius 1 is 1.34 bits per heavy atom. The Morgan fingerprint density at radius 3 is 2.83 bits per heavy atom. The molecule has 0 atom stereocenters. The van der Waals surface area contributed by atoms with Crippen LogP contribution in [0.15, 0.2) is 30.6 Å². The van der Waals surface area contributed by atoms with Gasteiger partial charge in [0.1, 0.15) is 22.3 Å². The smallest absolute Gasteiger partial charge is 0.308 e. The number of hydrogen-bond acceptors (Lipinski definition) is 7. The van der Waals surface area contributed by atoms with Gasteiger partial charge in [0.2, 0.25) is 0 Å². The summed E-state index contributed by atoms with van der Waals surface area (Å²) in [6.45, 7) is 2.44. The summed E-state index contributed by atoms with van der Waals surface area (Å²) < 4.78 is 14.3. The quantitative estimate of drug-likeness (QED) is 0.610. The van der Waals surface area contributed by atoms with E-state index in [0.29, 0.717) is 33.6 Å². The molecule has 1 aliphatic rings. The number of carbonyl (C=O) groups is 1. The molecule has 4 rings (SSSR count). The van der Waals surface area contributed by atoms with Gasteiger partial charge in [0.25, 0.3) is 0 Å². The number of aryl methyl sites for hydroxylation is 1. The second kappa shape index (κ2) is 7.82. The largest absolute Gasteiger partial charge is 0.481 e. The summed E-state index contributed by atoms with van der Waals surface area (Å²) in [4.78, 5) is 20.1. The van der Waals surface area contributed by atoms with Gasteiger partial charge in [-0.05, 0) is 43.5 Å². The monoisotopic (exact) mass is 413 g/mol. The van der Waals surface area contributed by atoms with Gasteiger partial charge in [-0.1, -0.05) is 6.42 Å². The van der Waals surface area contributed by atoms with E-state index in [1.54, 1.807) is 18.5 Å². The summed E-state index contributed by atoms with van der Waals surface area (Å²) >= 11 is 1.30. The van der Waals surface area contributed by atoms with E-state index in [4.69, 9.17) is 5.11 Å². The lowest BCUT2D eigenvalue weighted by Gasteiger charge is -2.41. The van der Waals surface area contributed by atoms with E-state index in [0.717, 1.165) is 24.8 Å². The fraction of sp³-hybridized carbons (Fsp3) is 0.350. The van der Waals surface area contributed by atoms with E-state index in [-0.39, 0.29) is 17.7 Å². The molecule has 150 valence electrons. The van der Waals surface area contributed by atoms with Crippen LogP contribution >= 0.6 is 11.3 Å². The van der Waals surface area contributed by atoms with E-state index >= 15 is 0 Å². The average molecular weight is 413 g/mol. The summed E-state index contributed by atoms with van der Waals surface area (Å²) in [5, 5.41) is 21.3. The van der Waals surface area contributed by atoms with Crippen molar-refractivity contribution in [2.75, 3.05) is 11.9 Å². The third-order valence-corrected chi connectivity index (χ3v) is 6.25. The first-order chi connectivity index (χ1) is 14.0. The molecular formula is C20H20FN5O2S. The van der Waals surface area contributed by atoms with Crippen LogP contribution in [0.25, 0.3) is 10.7 Å². The zero-order valence-electron chi connectivity index (χ0n) is 15.9. The molecule has 7 nitrogen and oxygen atoms in total. The Balaban J connectivity index is 1.49. The minimum absolute atomic E-state index is 0.0596. The number of thiazole rings is 1. The summed E-state index contributed by atoms with van der Waals surface area (Å²) in [5.41, 5.74) is 1.70. The molecule has 1 saturated carbocycles. The van der Waals surface area contributed by atoms with Crippen LogP contribution < -0.4 is 5.32 Å². The summed E-state index contributed by atoms with van der Waals surface area (Å²) in [6.07, 6.45) is 5.93. The normalized spacial score (nSPS) is 15.0. The lowest BCUT2D eigenvalue weighted by Crippen LogP contribution is -2.42. The predicted octanol–water partition coefficient (Wildman–Crippen LogP) is 3.60. The molecule has 0 aliphatic heterocycles. The van der Waals surface area contributed by atoms with Crippen molar-refractivity contribution < 1.29 is 14.3 Å². The maximum absolute atomic E-state index is 14.3. The van der Waals surface area contributed by atoms with Crippen LogP contribution in [-0.2, 0) is 16.6 Å². The zero-order valence-corrected chi connectivity index (χ0v) is 16.7. The molecule has 3 aromatic heterocycles. The summed E-state index contributed by atoms with van der Waals surface area (Å²) in [7, 11) is 0. The number of nitrogens with one attached hydrogen (secondary N) is 1. The van der Waals surface area contributed by atoms with Gasteiger partial charge < -0.3 is 10.4 Å². The molecule has 1 fully saturated rings. The number of halogens is 1. The minimum Gasteiger partial charge on any atom is -0.481 e. The van der Waals surface area contributed by atoms with Gasteiger partial charge in [0.05, 0.1) is 12.1 Å². The number of rotatable bonds is 7. The van der Waals surface area contributed by atoms with Crippen LogP contribution in [-0.4, -0.2) is 37.8 Å². The van der Waals surface area contributed by atoms with Crippen LogP contribution in [0.4, 0.5) is 10.2 Å². The van der Waals surface area contributed by atoms with Gasteiger partial charge >= 0.3 is 5.97 Å². The van der Waals surface area contributed by atoms with Gasteiger partial charge in [-0.15, -0.1) is 21.5 Å². The molecule has 0 radical (unpaired) electrons. The van der Waals surface area contributed by atoms with Crippen molar-refractivity contribution in [2.24, 2.45) is 0 Å². The van der Waals surface area contributed by atoms with Gasteiger partial charge in [-0.25, -0.2) is 9.37 Å². The van der Waals surface area contributed by atoms with Gasteiger partial charge in [0.15, 0.2) is 0 Å². The van der Waals surface area contributed by atoms with Gasteiger partial charge in [0, 0.05) is 29.2 Å². The Hall–Kier alpha value is -2.94. The highest BCUT2D eigenvalue weighted by Crippen LogP contribution is 2.43. The number of nitrogens with zero attached hydrogens (tertiary/aromatic N) is 4. The van der Waals surface area contributed by atoms with Crippen LogP contribution in [0.1, 0.15) is 35.4 Å². The van der Waals surface area contributed by atoms with E-state index in [9.17, 15) is 9.18 Å². The number of carboxylic acid groups (broad SMARTS) is 1. The van der Waals surface area contributed by atoms with Crippen molar-refractivity contribution in [2.45, 2.75) is 38.0 Å². The molecule has 0 bridgehead atoms. The summed E-state index contributed by atoms with van der Waals surface area (Å²) in [6, 6.07) is 4.93. The maximum Gasteiger partial charge on any atom is 0.308 e. The topological polar surface area (TPSA) is 101 Å². The lowest BCUT2D eigenvalue weighted by atomic mass is 9.66. The molecule has 9 heteroatoms. The molecule has 0 aromatic carbocycles. The Bertz CT molecular complexity index is 1050. The Morgan fingerprint density at radius 2 is 2.17 bits per heavy atom. The van der Waals surface area contributed by atoms with Crippen molar-refractivity contribution in [1.29, 1.82) is 0 Å². The molecule has 0 amide bonds. The van der Waals surface area contributed by atoms with Gasteiger partial charge in [-0.2, -0.15) is 0 Å². The SMILES string of the molecule is Cc1cc(NCC2(c3ncccc3F)CCC2)nnc1-c1ncc(CC(=O)O)s1. The number of hydrogen-bond donors (Lipinski definition) is 2. The minimum atomic E-state index is -0.892. The first-order valence-corrected chi connectivity index (χ1v) is 10.1. The third-order valence-electron chi connectivity index (χ3n) is 5.25. The molecule has 0 unspecified atom stereocenters. The lowest BCUT2D eigenvalue weighted by molar-refractivity contribution is -0.136. The third kappa shape index (κ3) is 3.95. The molecule has 0 saturated heterocycles. The van der Waals surface area contributed by atoms with Crippen LogP contribution in [0.5, 0.6) is 0 Å². The Kier molecular flexibility index (Phi) is 5.23. The molecule has 0 spiro atoms. The molecule has 29 heavy (non-hydrogen) atoms. The second-order valence-corrected chi connectivity index (χ2v) is 8.40.